The summed E-state index contributed by atoms with van der Waals surface area (Å²) in [7, 11) is 0. The van der Waals surface area contributed by atoms with Gasteiger partial charge in [0.25, 0.3) is 0 Å². The van der Waals surface area contributed by atoms with Crippen LogP contribution in [0.5, 0.6) is 0 Å². The minimum absolute atomic E-state index is 0.261. The van der Waals surface area contributed by atoms with Crippen molar-refractivity contribution >= 4 is 0 Å². The van der Waals surface area contributed by atoms with Crippen LogP contribution >= 0.6 is 0 Å². The molecule has 2 rings (SSSR count). The summed E-state index contributed by atoms with van der Waals surface area (Å²) in [4.78, 5) is 2.63. The van der Waals surface area contributed by atoms with Crippen LogP contribution in [0.4, 0.5) is 0 Å². The van der Waals surface area contributed by atoms with E-state index in [0.29, 0.717) is 12.0 Å². The highest BCUT2D eigenvalue weighted by Crippen LogP contribution is 2.32. The highest BCUT2D eigenvalue weighted by Gasteiger charge is 2.30. The van der Waals surface area contributed by atoms with E-state index in [-0.39, 0.29) is 6.04 Å². The number of nitrogens with two attached hydrogens (primary N) is 1. The van der Waals surface area contributed by atoms with Gasteiger partial charge in [-0.2, -0.15) is 0 Å². The Kier molecular flexibility index (Phi) is 5.22. The molecule has 2 N–H and O–H groups in total. The third kappa shape index (κ3) is 3.42. The van der Waals surface area contributed by atoms with E-state index in [1.54, 1.807) is 0 Å². The molecule has 112 valence electrons. The quantitative estimate of drug-likeness (QED) is 0.908. The van der Waals surface area contributed by atoms with Gasteiger partial charge in [0, 0.05) is 12.6 Å². The molecule has 1 aromatic rings. The van der Waals surface area contributed by atoms with E-state index in [2.05, 4.69) is 50.8 Å². The average Bonchev–Trinajstić information content (AvgIpc) is 2.55. The van der Waals surface area contributed by atoms with Crippen LogP contribution in [-0.4, -0.2) is 24.0 Å². The van der Waals surface area contributed by atoms with Crippen LogP contribution in [0, 0.1) is 19.8 Å². The van der Waals surface area contributed by atoms with Gasteiger partial charge in [0.05, 0.1) is 6.04 Å². The Balaban J connectivity index is 2.37. The van der Waals surface area contributed by atoms with Crippen LogP contribution in [0.25, 0.3) is 0 Å². The molecule has 0 aliphatic carbocycles. The van der Waals surface area contributed by atoms with Crippen LogP contribution in [0.3, 0.4) is 0 Å². The van der Waals surface area contributed by atoms with Crippen LogP contribution in [-0.2, 0) is 0 Å². The fourth-order valence-electron chi connectivity index (χ4n) is 3.46. The van der Waals surface area contributed by atoms with Crippen LogP contribution in [0.15, 0.2) is 18.2 Å². The molecule has 2 heteroatoms. The molecule has 1 fully saturated rings. The molecule has 2 unspecified atom stereocenters. The first-order chi connectivity index (χ1) is 9.50. The molecule has 2 nitrogen and oxygen atoms in total. The van der Waals surface area contributed by atoms with Gasteiger partial charge in [-0.15, -0.1) is 0 Å². The standard InChI is InChI=1S/C18H30N2/c1-13(2)12-20-11-6-5-10-17(19)18(20)16-9-7-8-14(3)15(16)4/h7-9,13,17-18H,5-6,10-12,19H2,1-4H3. The summed E-state index contributed by atoms with van der Waals surface area (Å²) < 4.78 is 0. The van der Waals surface area contributed by atoms with Gasteiger partial charge in [0.1, 0.15) is 0 Å². The van der Waals surface area contributed by atoms with E-state index in [1.807, 2.05) is 0 Å². The van der Waals surface area contributed by atoms with E-state index >= 15 is 0 Å². The first-order valence-electron chi connectivity index (χ1n) is 8.06. The Labute approximate surface area is 124 Å². The zero-order chi connectivity index (χ0) is 14.7. The molecule has 0 aromatic heterocycles. The highest BCUT2D eigenvalue weighted by molar-refractivity contribution is 5.36. The normalized spacial score (nSPS) is 24.9. The Bertz CT molecular complexity index is 439. The van der Waals surface area contributed by atoms with Gasteiger partial charge < -0.3 is 5.73 Å². The summed E-state index contributed by atoms with van der Waals surface area (Å²) in [6.45, 7) is 11.4. The molecule has 1 aromatic carbocycles. The van der Waals surface area contributed by atoms with Gasteiger partial charge in [-0.25, -0.2) is 0 Å². The van der Waals surface area contributed by atoms with Gasteiger partial charge >= 0.3 is 0 Å². The topological polar surface area (TPSA) is 29.3 Å². The van der Waals surface area contributed by atoms with Crippen molar-refractivity contribution in [2.75, 3.05) is 13.1 Å². The predicted molar refractivity (Wildman–Crippen MR) is 86.9 cm³/mol. The second kappa shape index (κ2) is 6.73. The first-order valence-corrected chi connectivity index (χ1v) is 8.06. The predicted octanol–water partition coefficient (Wildman–Crippen LogP) is 3.81. The summed E-state index contributed by atoms with van der Waals surface area (Å²) in [5.74, 6) is 0.688. The Morgan fingerprint density at radius 3 is 2.70 bits per heavy atom. The van der Waals surface area contributed by atoms with Crippen molar-refractivity contribution in [2.24, 2.45) is 11.7 Å². The van der Waals surface area contributed by atoms with Crippen molar-refractivity contribution in [3.05, 3.63) is 34.9 Å². The minimum atomic E-state index is 0.261. The maximum Gasteiger partial charge on any atom is 0.0501 e. The first kappa shape index (κ1) is 15.5. The lowest BCUT2D eigenvalue weighted by Crippen LogP contribution is -2.41. The molecule has 20 heavy (non-hydrogen) atoms. The Morgan fingerprint density at radius 2 is 2.00 bits per heavy atom. The van der Waals surface area contributed by atoms with Crippen LogP contribution in [0.1, 0.15) is 55.8 Å². The molecule has 0 bridgehead atoms. The van der Waals surface area contributed by atoms with Gasteiger partial charge in [-0.1, -0.05) is 38.5 Å². The number of nitrogens with zero attached hydrogens (tertiary/aromatic N) is 1. The lowest BCUT2D eigenvalue weighted by atomic mass is 9.90. The molecule has 1 aliphatic rings. The molecule has 1 saturated heterocycles. The van der Waals surface area contributed by atoms with Crippen molar-refractivity contribution in [1.29, 1.82) is 0 Å². The summed E-state index contributed by atoms with van der Waals surface area (Å²) >= 11 is 0. The maximum absolute atomic E-state index is 6.55. The van der Waals surface area contributed by atoms with Crippen LogP contribution in [0.2, 0.25) is 0 Å². The number of likely N-dealkylation sites (tertiary alicyclic amines) is 1. The van der Waals surface area contributed by atoms with E-state index < -0.39 is 0 Å². The molecule has 0 amide bonds. The van der Waals surface area contributed by atoms with Gasteiger partial charge in [-0.3, -0.25) is 4.90 Å². The zero-order valence-electron chi connectivity index (χ0n) is 13.5. The number of rotatable bonds is 3. The summed E-state index contributed by atoms with van der Waals surface area (Å²) in [6.07, 6.45) is 3.69. The second-order valence-corrected chi connectivity index (χ2v) is 6.78. The maximum atomic E-state index is 6.55. The van der Waals surface area contributed by atoms with Crippen molar-refractivity contribution in [3.8, 4) is 0 Å². The fourth-order valence-corrected chi connectivity index (χ4v) is 3.46. The SMILES string of the molecule is Cc1cccc(C2C(N)CCCCN2CC(C)C)c1C. The van der Waals surface area contributed by atoms with E-state index in [0.717, 1.165) is 13.0 Å². The number of benzene rings is 1. The molecule has 1 heterocycles. The molecule has 0 saturated carbocycles. The van der Waals surface area contributed by atoms with Crippen molar-refractivity contribution < 1.29 is 0 Å². The third-order valence-electron chi connectivity index (χ3n) is 4.60. The number of aryl methyl sites for hydroxylation is 1. The molecule has 1 aliphatic heterocycles. The third-order valence-corrected chi connectivity index (χ3v) is 4.60. The zero-order valence-corrected chi connectivity index (χ0v) is 13.5. The largest absolute Gasteiger partial charge is 0.326 e. The van der Waals surface area contributed by atoms with Crippen molar-refractivity contribution in [2.45, 2.75) is 59.0 Å². The molecule has 2 atom stereocenters. The van der Waals surface area contributed by atoms with E-state index in [9.17, 15) is 0 Å². The number of hydrogen-bond acceptors (Lipinski definition) is 2. The molecule has 0 spiro atoms. The highest BCUT2D eigenvalue weighted by atomic mass is 15.2. The van der Waals surface area contributed by atoms with Crippen LogP contribution < -0.4 is 5.73 Å². The molecular formula is C18H30N2. The van der Waals surface area contributed by atoms with Crippen molar-refractivity contribution in [3.63, 3.8) is 0 Å². The van der Waals surface area contributed by atoms with Gasteiger partial charge in [0.2, 0.25) is 0 Å². The summed E-state index contributed by atoms with van der Waals surface area (Å²) in [5.41, 5.74) is 10.8. The molecular weight excluding hydrogens is 244 g/mol. The van der Waals surface area contributed by atoms with Crippen molar-refractivity contribution in [1.82, 2.24) is 4.90 Å². The second-order valence-electron chi connectivity index (χ2n) is 6.78. The lowest BCUT2D eigenvalue weighted by molar-refractivity contribution is 0.165. The number of hydrogen-bond donors (Lipinski definition) is 1. The Hall–Kier alpha value is -0.860. The lowest BCUT2D eigenvalue weighted by Gasteiger charge is -2.36. The average molecular weight is 274 g/mol. The Morgan fingerprint density at radius 1 is 1.25 bits per heavy atom. The molecule has 0 radical (unpaired) electrons. The fraction of sp³-hybridized carbons (Fsp3) is 0.667. The monoisotopic (exact) mass is 274 g/mol. The summed E-state index contributed by atoms with van der Waals surface area (Å²) in [6, 6.07) is 7.32. The summed E-state index contributed by atoms with van der Waals surface area (Å²) in [5, 5.41) is 0. The van der Waals surface area contributed by atoms with Gasteiger partial charge in [-0.05, 0) is 55.8 Å². The van der Waals surface area contributed by atoms with E-state index in [1.165, 1.54) is 36.1 Å². The van der Waals surface area contributed by atoms with E-state index in [4.69, 9.17) is 5.73 Å². The minimum Gasteiger partial charge on any atom is -0.326 e. The van der Waals surface area contributed by atoms with Gasteiger partial charge in [0.15, 0.2) is 0 Å². The smallest absolute Gasteiger partial charge is 0.0501 e.